The second-order valence-electron chi connectivity index (χ2n) is 17.6. The van der Waals surface area contributed by atoms with Crippen molar-refractivity contribution in [1.82, 2.24) is 20.4 Å². The normalized spacial score (nSPS) is 26.2. The van der Waals surface area contributed by atoms with Gasteiger partial charge in [-0.2, -0.15) is 0 Å². The van der Waals surface area contributed by atoms with Crippen molar-refractivity contribution in [2.75, 3.05) is 23.7 Å². The summed E-state index contributed by atoms with van der Waals surface area (Å²) in [5.41, 5.74) is 3.22. The van der Waals surface area contributed by atoms with Crippen molar-refractivity contribution >= 4 is 69.9 Å². The number of ketones is 1. The molecule has 0 bridgehead atoms. The summed E-state index contributed by atoms with van der Waals surface area (Å²) in [5, 5.41) is 12.9. The van der Waals surface area contributed by atoms with Crippen molar-refractivity contribution in [3.63, 3.8) is 0 Å². The van der Waals surface area contributed by atoms with Gasteiger partial charge in [-0.25, -0.2) is 4.39 Å². The highest BCUT2D eigenvalue weighted by molar-refractivity contribution is 6.31. The smallest absolute Gasteiger partial charge is 0.264 e. The fourth-order valence-corrected chi connectivity index (χ4v) is 11.2. The highest BCUT2D eigenvalue weighted by atomic mass is 35.5. The zero-order chi connectivity index (χ0) is 43.7. The number of nitrogens with one attached hydrogen (secondary N) is 4. The Bertz CT molecular complexity index is 2600. The molecular formula is C48H45Cl2FN6O6. The van der Waals surface area contributed by atoms with Crippen LogP contribution in [0, 0.1) is 11.7 Å². The molecule has 12 nitrogen and oxygen atoms in total. The van der Waals surface area contributed by atoms with Crippen LogP contribution in [0.15, 0.2) is 78.9 Å². The lowest BCUT2D eigenvalue weighted by molar-refractivity contribution is -0.136. The van der Waals surface area contributed by atoms with E-state index in [1.165, 1.54) is 6.07 Å². The number of anilines is 2. The summed E-state index contributed by atoms with van der Waals surface area (Å²) in [6.07, 6.45) is 5.46. The first-order valence-corrected chi connectivity index (χ1v) is 22.5. The molecule has 0 radical (unpaired) electrons. The predicted octanol–water partition coefficient (Wildman–Crippen LogP) is 7.52. The van der Waals surface area contributed by atoms with Crippen LogP contribution < -0.4 is 21.3 Å². The second kappa shape index (κ2) is 16.3. The molecule has 4 N–H and O–H groups in total. The molecule has 10 rings (SSSR count). The lowest BCUT2D eigenvalue weighted by atomic mass is 9.73. The van der Waals surface area contributed by atoms with Crippen molar-refractivity contribution in [2.24, 2.45) is 5.92 Å². The van der Waals surface area contributed by atoms with Crippen LogP contribution in [0.3, 0.4) is 0 Å². The van der Waals surface area contributed by atoms with Gasteiger partial charge in [0.2, 0.25) is 17.7 Å². The Morgan fingerprint density at radius 3 is 2.44 bits per heavy atom. The lowest BCUT2D eigenvalue weighted by Crippen LogP contribution is -2.54. The maximum absolute atomic E-state index is 16.2. The van der Waals surface area contributed by atoms with Crippen molar-refractivity contribution in [3.8, 4) is 0 Å². The largest absolute Gasteiger partial charge is 0.384 e. The summed E-state index contributed by atoms with van der Waals surface area (Å²) in [5.74, 6) is -3.03. The fourth-order valence-electron chi connectivity index (χ4n) is 10.8. The van der Waals surface area contributed by atoms with E-state index in [4.69, 9.17) is 23.2 Å². The molecule has 15 heteroatoms. The maximum atomic E-state index is 16.2. The Morgan fingerprint density at radius 2 is 1.67 bits per heavy atom. The van der Waals surface area contributed by atoms with Crippen LogP contribution in [0.2, 0.25) is 10.0 Å². The number of Topliss-reactive ketones (excluding diaryl/α,β-unsaturated/α-hetero) is 1. The van der Waals surface area contributed by atoms with E-state index in [1.54, 1.807) is 42.5 Å². The van der Waals surface area contributed by atoms with Gasteiger partial charge in [0.15, 0.2) is 5.78 Å². The molecule has 5 amide bonds. The average Bonchev–Trinajstić information content (AvgIpc) is 3.74. The number of amides is 5. The number of hydrogen-bond acceptors (Lipinski definition) is 9. The predicted molar refractivity (Wildman–Crippen MR) is 234 cm³/mol. The summed E-state index contributed by atoms with van der Waals surface area (Å²) in [7, 11) is 0. The van der Waals surface area contributed by atoms with Gasteiger partial charge in [0.1, 0.15) is 17.4 Å². The third-order valence-corrected chi connectivity index (χ3v) is 14.4. The Hall–Kier alpha value is -5.47. The molecule has 6 aliphatic rings. The number of nitrogens with zero attached hydrogens (tertiary/aromatic N) is 2. The molecule has 5 aliphatic heterocycles. The van der Waals surface area contributed by atoms with Gasteiger partial charge in [0.05, 0.1) is 16.1 Å². The van der Waals surface area contributed by atoms with Crippen LogP contribution in [0.25, 0.3) is 0 Å². The Kier molecular flexibility index (Phi) is 10.7. The molecule has 6 atom stereocenters. The summed E-state index contributed by atoms with van der Waals surface area (Å²) >= 11 is 12.8. The highest BCUT2D eigenvalue weighted by Gasteiger charge is 2.69. The first-order chi connectivity index (χ1) is 30.4. The zero-order valence-electron chi connectivity index (χ0n) is 34.2. The third-order valence-electron chi connectivity index (χ3n) is 13.9. The second-order valence-corrected chi connectivity index (χ2v) is 18.5. The Morgan fingerprint density at radius 1 is 0.873 bits per heavy atom. The Balaban J connectivity index is 0.783. The number of imide groups is 2. The maximum Gasteiger partial charge on any atom is 0.264 e. The number of piperidine rings is 1. The van der Waals surface area contributed by atoms with Gasteiger partial charge < -0.3 is 16.0 Å². The fraction of sp³-hybridized carbons (Fsp3) is 0.375. The van der Waals surface area contributed by atoms with Crippen molar-refractivity contribution < 1.29 is 33.2 Å². The number of likely N-dealkylation sites (tertiary alicyclic amines) is 1. The van der Waals surface area contributed by atoms with Crippen LogP contribution in [0.1, 0.15) is 118 Å². The zero-order valence-corrected chi connectivity index (χ0v) is 35.7. The minimum absolute atomic E-state index is 0.00846. The molecule has 4 aromatic carbocycles. The molecule has 1 aliphatic carbocycles. The summed E-state index contributed by atoms with van der Waals surface area (Å²) in [6.45, 7) is 1.21. The number of unbranched alkanes of at least 4 members (excludes halogenated alkanes) is 2. The molecule has 4 aromatic rings. The average molecular weight is 892 g/mol. The van der Waals surface area contributed by atoms with E-state index < -0.39 is 46.9 Å². The van der Waals surface area contributed by atoms with Crippen molar-refractivity contribution in [1.29, 1.82) is 0 Å². The van der Waals surface area contributed by atoms with Crippen LogP contribution in [0.4, 0.5) is 15.8 Å². The van der Waals surface area contributed by atoms with Gasteiger partial charge in [0, 0.05) is 77.5 Å². The lowest BCUT2D eigenvalue weighted by Gasteiger charge is -2.41. The van der Waals surface area contributed by atoms with Gasteiger partial charge >= 0.3 is 0 Å². The number of halogens is 3. The van der Waals surface area contributed by atoms with E-state index in [0.29, 0.717) is 72.2 Å². The van der Waals surface area contributed by atoms with E-state index >= 15 is 4.39 Å². The van der Waals surface area contributed by atoms with Gasteiger partial charge in [-0.1, -0.05) is 78.2 Å². The summed E-state index contributed by atoms with van der Waals surface area (Å²) in [6, 6.07) is 21.6. The minimum atomic E-state index is -1.17. The van der Waals surface area contributed by atoms with Crippen molar-refractivity contribution in [2.45, 2.75) is 93.4 Å². The van der Waals surface area contributed by atoms with Gasteiger partial charge in [-0.05, 0) is 85.9 Å². The topological polar surface area (TPSA) is 157 Å². The van der Waals surface area contributed by atoms with E-state index in [1.807, 2.05) is 30.3 Å². The van der Waals surface area contributed by atoms with Crippen LogP contribution in [0.5, 0.6) is 0 Å². The number of carbonyl (C=O) groups excluding carboxylic acids is 6. The summed E-state index contributed by atoms with van der Waals surface area (Å²) in [4.78, 5) is 81.8. The highest BCUT2D eigenvalue weighted by Crippen LogP contribution is 2.61. The molecule has 324 valence electrons. The quantitative estimate of drug-likeness (QED) is 0.0606. The third kappa shape index (κ3) is 7.04. The van der Waals surface area contributed by atoms with E-state index in [-0.39, 0.29) is 58.8 Å². The Labute approximate surface area is 373 Å². The molecule has 4 fully saturated rings. The van der Waals surface area contributed by atoms with Crippen LogP contribution in [-0.2, 0) is 19.9 Å². The number of fused-ring (bicyclic) bond motifs is 4. The minimum Gasteiger partial charge on any atom is -0.384 e. The molecule has 1 saturated carbocycles. The van der Waals surface area contributed by atoms with E-state index in [9.17, 15) is 28.8 Å². The van der Waals surface area contributed by atoms with Crippen molar-refractivity contribution in [3.05, 3.63) is 128 Å². The standard InChI is InChI=1S/C48H45Cl2FN6O6/c49-28-17-18-31-35(22-28)54-47(63)48(31)41(30-7-4-8-32(50)42(30)51)43-37(56(48)24-25-11-12-25)23-34(53-43)26-13-15-27(16-14-26)38(58)10-2-1-3-21-52-33-9-5-6-29-40(33)46(62)57(45(29)61)36-19-20-39(59)55-44(36)60/h4-9,13-18,22,25,34,36-37,41,43,52-53H,1-3,10-12,19-21,23-24H2,(H,54,63)(H,55,59,60)/t34-,36?,37+,41+,43-,48-/m1/s1. The first-order valence-electron chi connectivity index (χ1n) is 21.8. The number of hydrogen-bond donors (Lipinski definition) is 4. The van der Waals surface area contributed by atoms with Crippen LogP contribution >= 0.6 is 23.2 Å². The first kappa shape index (κ1) is 41.5. The SMILES string of the molecule is O=C1CCC(N2C(=O)c3cccc(NCCCCCC(=O)c4ccc([C@H]5C[C@H]6[C@@H](N5)[C@H](c5cccc(Cl)c5F)[C@]5(C(=O)Nc7cc(Cl)ccc75)N6CC5CC5)cc4)c3C2=O)C(=O)N1. The monoisotopic (exact) mass is 890 g/mol. The van der Waals surface area contributed by atoms with E-state index in [2.05, 4.69) is 26.2 Å². The van der Waals surface area contributed by atoms with Crippen LogP contribution in [-0.4, -0.2) is 76.3 Å². The molecule has 1 unspecified atom stereocenters. The van der Waals surface area contributed by atoms with Gasteiger partial charge in [-0.15, -0.1) is 0 Å². The van der Waals surface area contributed by atoms with E-state index in [0.717, 1.165) is 35.3 Å². The van der Waals surface area contributed by atoms with Gasteiger partial charge in [-0.3, -0.25) is 43.9 Å². The number of rotatable bonds is 13. The van der Waals surface area contributed by atoms with Gasteiger partial charge in [0.25, 0.3) is 11.8 Å². The molecule has 1 spiro atoms. The molecule has 5 heterocycles. The molecular weight excluding hydrogens is 846 g/mol. The molecule has 63 heavy (non-hydrogen) atoms. The molecule has 3 saturated heterocycles. The summed E-state index contributed by atoms with van der Waals surface area (Å²) < 4.78 is 16.2. The number of benzene rings is 4. The number of carbonyl (C=O) groups is 6. The molecule has 0 aromatic heterocycles.